The fourth-order valence-electron chi connectivity index (χ4n) is 1.70. The lowest BCUT2D eigenvalue weighted by atomic mass is 10.0. The average Bonchev–Trinajstić information content (AvgIpc) is 2.19. The summed E-state index contributed by atoms with van der Waals surface area (Å²) in [6.07, 6.45) is 0. The van der Waals surface area contributed by atoms with Gasteiger partial charge < -0.3 is 4.42 Å². The van der Waals surface area contributed by atoms with Gasteiger partial charge in [-0.25, -0.2) is 4.79 Å². The largest absolute Gasteiger partial charge is 0.423 e. The Hall–Kier alpha value is -1.57. The van der Waals surface area contributed by atoms with E-state index in [0.717, 1.165) is 16.5 Å². The lowest BCUT2D eigenvalue weighted by molar-refractivity contribution is 0.553. The lowest BCUT2D eigenvalue weighted by Crippen LogP contribution is -2.05. The van der Waals surface area contributed by atoms with Crippen LogP contribution in [-0.2, 0) is 0 Å². The maximum atomic E-state index is 11.5. The Bertz CT molecular complexity index is 591. The zero-order valence-electron chi connectivity index (χ0n) is 9.47. The summed E-state index contributed by atoms with van der Waals surface area (Å²) in [5.74, 6) is 0. The van der Waals surface area contributed by atoms with E-state index in [2.05, 4.69) is 13.0 Å². The van der Waals surface area contributed by atoms with Gasteiger partial charge in [0.05, 0.1) is 0 Å². The predicted molar refractivity (Wildman–Crippen MR) is 61.4 cm³/mol. The first-order valence-electron chi connectivity index (χ1n) is 5.02. The van der Waals surface area contributed by atoms with Crippen LogP contribution in [0.5, 0.6) is 0 Å². The second-order valence-electron chi connectivity index (χ2n) is 4.07. The Morgan fingerprint density at radius 2 is 1.53 bits per heavy atom. The van der Waals surface area contributed by atoms with Gasteiger partial charge in [-0.3, -0.25) is 0 Å². The highest BCUT2D eigenvalue weighted by atomic mass is 16.4. The molecule has 1 heterocycles. The van der Waals surface area contributed by atoms with Crippen molar-refractivity contribution >= 4 is 11.0 Å². The third-order valence-electron chi connectivity index (χ3n) is 3.07. The lowest BCUT2D eigenvalue weighted by Gasteiger charge is -2.06. The molecular formula is C13H14O2. The third-order valence-corrected chi connectivity index (χ3v) is 3.07. The van der Waals surface area contributed by atoms with E-state index in [1.165, 1.54) is 5.56 Å². The first-order valence-corrected chi connectivity index (χ1v) is 5.02. The van der Waals surface area contributed by atoms with Crippen molar-refractivity contribution < 1.29 is 4.42 Å². The van der Waals surface area contributed by atoms with E-state index < -0.39 is 0 Å². The van der Waals surface area contributed by atoms with Gasteiger partial charge in [-0.1, -0.05) is 0 Å². The number of rotatable bonds is 0. The fraction of sp³-hybridized carbons (Fsp3) is 0.308. The summed E-state index contributed by atoms with van der Waals surface area (Å²) in [7, 11) is 0. The SMILES string of the molecule is Cc1cc2oc(=O)c(C)c(C)c2cc1C. The van der Waals surface area contributed by atoms with E-state index in [0.29, 0.717) is 11.1 Å². The van der Waals surface area contributed by atoms with Crippen molar-refractivity contribution in [1.82, 2.24) is 0 Å². The first kappa shape index (κ1) is 9.97. The van der Waals surface area contributed by atoms with Gasteiger partial charge in [0.25, 0.3) is 0 Å². The summed E-state index contributed by atoms with van der Waals surface area (Å²) in [5.41, 5.74) is 4.54. The van der Waals surface area contributed by atoms with E-state index in [1.54, 1.807) is 6.92 Å². The second kappa shape index (κ2) is 3.23. The Labute approximate surface area is 88.5 Å². The van der Waals surface area contributed by atoms with Crippen LogP contribution in [0.3, 0.4) is 0 Å². The molecule has 0 bridgehead atoms. The molecule has 0 aliphatic rings. The molecule has 0 saturated carbocycles. The molecule has 1 aromatic carbocycles. The van der Waals surface area contributed by atoms with E-state index >= 15 is 0 Å². The first-order chi connectivity index (χ1) is 7.00. The molecular weight excluding hydrogens is 188 g/mol. The zero-order chi connectivity index (χ0) is 11.2. The van der Waals surface area contributed by atoms with Gasteiger partial charge in [0.2, 0.25) is 0 Å². The standard InChI is InChI=1S/C13H14O2/c1-7-5-11-9(3)10(4)13(14)15-12(11)6-8(7)2/h5-6H,1-4H3. The Balaban J connectivity index is 3.00. The Morgan fingerprint density at radius 1 is 0.933 bits per heavy atom. The fourth-order valence-corrected chi connectivity index (χ4v) is 1.70. The molecule has 2 nitrogen and oxygen atoms in total. The van der Waals surface area contributed by atoms with Crippen LogP contribution in [0.1, 0.15) is 22.3 Å². The van der Waals surface area contributed by atoms with E-state index in [9.17, 15) is 4.79 Å². The highest BCUT2D eigenvalue weighted by molar-refractivity contribution is 5.82. The molecule has 0 fully saturated rings. The van der Waals surface area contributed by atoms with E-state index in [1.807, 2.05) is 19.9 Å². The molecule has 0 unspecified atom stereocenters. The van der Waals surface area contributed by atoms with Crippen molar-refractivity contribution in [3.63, 3.8) is 0 Å². The summed E-state index contributed by atoms with van der Waals surface area (Å²) >= 11 is 0. The van der Waals surface area contributed by atoms with E-state index in [-0.39, 0.29) is 5.63 Å². The van der Waals surface area contributed by atoms with Gasteiger partial charge in [0.15, 0.2) is 0 Å². The molecule has 78 valence electrons. The molecule has 1 aromatic heterocycles. The number of fused-ring (bicyclic) bond motifs is 1. The second-order valence-corrected chi connectivity index (χ2v) is 4.07. The Morgan fingerprint density at radius 3 is 2.20 bits per heavy atom. The number of hydrogen-bond acceptors (Lipinski definition) is 2. The summed E-state index contributed by atoms with van der Waals surface area (Å²) in [5, 5.41) is 1.04. The summed E-state index contributed by atoms with van der Waals surface area (Å²) in [4.78, 5) is 11.5. The van der Waals surface area contributed by atoms with Gasteiger partial charge in [-0.05, 0) is 56.5 Å². The van der Waals surface area contributed by atoms with Crippen LogP contribution >= 0.6 is 0 Å². The van der Waals surface area contributed by atoms with Crippen molar-refractivity contribution in [1.29, 1.82) is 0 Å². The minimum Gasteiger partial charge on any atom is -0.423 e. The molecule has 2 rings (SSSR count). The van der Waals surface area contributed by atoms with Crippen LogP contribution in [-0.4, -0.2) is 0 Å². The number of aryl methyl sites for hydroxylation is 3. The predicted octanol–water partition coefficient (Wildman–Crippen LogP) is 3.03. The van der Waals surface area contributed by atoms with Gasteiger partial charge in [-0.2, -0.15) is 0 Å². The number of benzene rings is 1. The van der Waals surface area contributed by atoms with Crippen molar-refractivity contribution in [3.8, 4) is 0 Å². The molecule has 0 aliphatic heterocycles. The molecule has 0 spiro atoms. The summed E-state index contributed by atoms with van der Waals surface area (Å²) in [6, 6.07) is 4.01. The molecule has 0 amide bonds. The zero-order valence-corrected chi connectivity index (χ0v) is 9.47. The van der Waals surface area contributed by atoms with Crippen molar-refractivity contribution in [2.24, 2.45) is 0 Å². The summed E-state index contributed by atoms with van der Waals surface area (Å²) in [6.45, 7) is 7.85. The van der Waals surface area contributed by atoms with Crippen LogP contribution < -0.4 is 5.63 Å². The van der Waals surface area contributed by atoms with Crippen LogP contribution in [0.2, 0.25) is 0 Å². The molecule has 0 radical (unpaired) electrons. The van der Waals surface area contributed by atoms with Crippen molar-refractivity contribution in [2.45, 2.75) is 27.7 Å². The number of hydrogen-bond donors (Lipinski definition) is 0. The molecule has 2 aromatic rings. The molecule has 0 atom stereocenters. The quantitative estimate of drug-likeness (QED) is 0.615. The Kier molecular flexibility index (Phi) is 2.14. The highest BCUT2D eigenvalue weighted by Crippen LogP contribution is 2.22. The minimum absolute atomic E-state index is 0.233. The van der Waals surface area contributed by atoms with Crippen LogP contribution in [0, 0.1) is 27.7 Å². The van der Waals surface area contributed by atoms with Crippen molar-refractivity contribution in [3.05, 3.63) is 44.8 Å². The maximum Gasteiger partial charge on any atom is 0.339 e. The van der Waals surface area contributed by atoms with Gasteiger partial charge in [-0.15, -0.1) is 0 Å². The molecule has 2 heteroatoms. The monoisotopic (exact) mass is 202 g/mol. The average molecular weight is 202 g/mol. The summed E-state index contributed by atoms with van der Waals surface area (Å²) < 4.78 is 5.25. The van der Waals surface area contributed by atoms with Crippen LogP contribution in [0.4, 0.5) is 0 Å². The van der Waals surface area contributed by atoms with Gasteiger partial charge in [0, 0.05) is 10.9 Å². The maximum absolute atomic E-state index is 11.5. The normalized spacial score (nSPS) is 10.9. The van der Waals surface area contributed by atoms with Gasteiger partial charge in [0.1, 0.15) is 5.58 Å². The molecule has 0 N–H and O–H groups in total. The van der Waals surface area contributed by atoms with Crippen LogP contribution in [0.25, 0.3) is 11.0 Å². The van der Waals surface area contributed by atoms with Crippen molar-refractivity contribution in [2.75, 3.05) is 0 Å². The van der Waals surface area contributed by atoms with Crippen LogP contribution in [0.15, 0.2) is 21.3 Å². The molecule has 0 saturated heterocycles. The minimum atomic E-state index is -0.233. The third kappa shape index (κ3) is 1.46. The van der Waals surface area contributed by atoms with Gasteiger partial charge >= 0.3 is 5.63 Å². The topological polar surface area (TPSA) is 30.2 Å². The molecule has 15 heavy (non-hydrogen) atoms. The van der Waals surface area contributed by atoms with E-state index in [4.69, 9.17) is 4.42 Å². The molecule has 0 aliphatic carbocycles. The highest BCUT2D eigenvalue weighted by Gasteiger charge is 2.08. The smallest absolute Gasteiger partial charge is 0.339 e.